The van der Waals surface area contributed by atoms with Crippen LogP contribution in [-0.4, -0.2) is 33.6 Å². The Balaban J connectivity index is 1.73. The molecule has 0 radical (unpaired) electrons. The molecule has 138 valence electrons. The molecule has 2 N–H and O–H groups in total. The lowest BCUT2D eigenvalue weighted by molar-refractivity contribution is -0.127. The fraction of sp³-hybridized carbons (Fsp3) is 0.105. The number of halogens is 1. The maximum absolute atomic E-state index is 13.7. The van der Waals surface area contributed by atoms with Crippen LogP contribution in [0.25, 0.3) is 6.08 Å². The van der Waals surface area contributed by atoms with Crippen LogP contribution in [0.3, 0.4) is 0 Å². The summed E-state index contributed by atoms with van der Waals surface area (Å²) in [5.74, 6) is -1.94. The third-order valence-corrected chi connectivity index (χ3v) is 4.70. The summed E-state index contributed by atoms with van der Waals surface area (Å²) in [6.45, 7) is 1.28. The zero-order chi connectivity index (χ0) is 19.6. The normalized spacial score (nSPS) is 15.5. The van der Waals surface area contributed by atoms with E-state index in [0.717, 1.165) is 10.5 Å². The summed E-state index contributed by atoms with van der Waals surface area (Å²) < 4.78 is 13.7. The first-order valence-corrected chi connectivity index (χ1v) is 8.76. The topological polar surface area (TPSA) is 86.7 Å². The number of amides is 3. The number of nitrogens with zero attached hydrogens (tertiary/aromatic N) is 1. The van der Waals surface area contributed by atoms with E-state index in [0.29, 0.717) is 11.8 Å². The number of benzene rings is 2. The molecule has 0 saturated carbocycles. The van der Waals surface area contributed by atoms with Gasteiger partial charge in [-0.25, -0.2) is 4.39 Å². The number of aryl methyl sites for hydroxylation is 1. The van der Waals surface area contributed by atoms with Gasteiger partial charge in [-0.15, -0.1) is 0 Å². The first-order valence-electron chi connectivity index (χ1n) is 7.94. The van der Waals surface area contributed by atoms with Crippen LogP contribution in [0.1, 0.15) is 11.1 Å². The Bertz CT molecular complexity index is 974. The summed E-state index contributed by atoms with van der Waals surface area (Å²) in [7, 11) is 0. The summed E-state index contributed by atoms with van der Waals surface area (Å²) in [5.41, 5.74) is 1.19. The van der Waals surface area contributed by atoms with E-state index in [4.69, 9.17) is 0 Å². The number of thioether (sulfide) groups is 1. The molecule has 0 unspecified atom stereocenters. The van der Waals surface area contributed by atoms with Gasteiger partial charge in [0.2, 0.25) is 5.91 Å². The number of hydrogen-bond acceptors (Lipinski definition) is 5. The van der Waals surface area contributed by atoms with E-state index >= 15 is 0 Å². The molecular formula is C19H15FN2O4S. The Hall–Kier alpha value is -3.13. The van der Waals surface area contributed by atoms with Crippen molar-refractivity contribution in [1.29, 1.82) is 0 Å². The fourth-order valence-corrected chi connectivity index (χ4v) is 3.28. The van der Waals surface area contributed by atoms with Gasteiger partial charge in [-0.05, 0) is 48.5 Å². The van der Waals surface area contributed by atoms with Gasteiger partial charge in [0.05, 0.1) is 10.6 Å². The third kappa shape index (κ3) is 4.17. The second kappa shape index (κ2) is 7.63. The van der Waals surface area contributed by atoms with Crippen molar-refractivity contribution in [2.45, 2.75) is 6.92 Å². The second-order valence-corrected chi connectivity index (χ2v) is 6.85. The molecule has 0 spiro atoms. The van der Waals surface area contributed by atoms with E-state index in [2.05, 4.69) is 5.32 Å². The van der Waals surface area contributed by atoms with E-state index in [1.165, 1.54) is 30.3 Å². The highest BCUT2D eigenvalue weighted by Gasteiger charge is 2.36. The van der Waals surface area contributed by atoms with Gasteiger partial charge in [-0.3, -0.25) is 19.3 Å². The number of hydrogen-bond donors (Lipinski definition) is 2. The highest BCUT2D eigenvalue weighted by molar-refractivity contribution is 8.18. The number of imide groups is 1. The lowest BCUT2D eigenvalue weighted by Crippen LogP contribution is -2.36. The summed E-state index contributed by atoms with van der Waals surface area (Å²) in [5, 5.41) is 11.6. The van der Waals surface area contributed by atoms with Crippen LogP contribution < -0.4 is 5.32 Å². The molecule has 2 aromatic carbocycles. The molecule has 0 aromatic heterocycles. The van der Waals surface area contributed by atoms with E-state index in [1.807, 2.05) is 0 Å². The van der Waals surface area contributed by atoms with Crippen LogP contribution in [0.15, 0.2) is 47.4 Å². The Morgan fingerprint density at radius 2 is 2.00 bits per heavy atom. The number of phenols is 1. The van der Waals surface area contributed by atoms with Crippen LogP contribution in [0.5, 0.6) is 5.75 Å². The average molecular weight is 386 g/mol. The Morgan fingerprint density at radius 1 is 1.26 bits per heavy atom. The monoisotopic (exact) mass is 386 g/mol. The molecule has 3 rings (SSSR count). The number of phenolic OH excluding ortho intramolecular Hbond substituents is 1. The smallest absolute Gasteiger partial charge is 0.294 e. The molecule has 3 amide bonds. The predicted molar refractivity (Wildman–Crippen MR) is 101 cm³/mol. The molecule has 1 fully saturated rings. The summed E-state index contributed by atoms with van der Waals surface area (Å²) >= 11 is 0.642. The molecule has 1 saturated heterocycles. The van der Waals surface area contributed by atoms with Crippen molar-refractivity contribution in [3.8, 4) is 5.75 Å². The van der Waals surface area contributed by atoms with Crippen molar-refractivity contribution < 1.29 is 23.9 Å². The highest BCUT2D eigenvalue weighted by Crippen LogP contribution is 2.32. The number of carbonyl (C=O) groups is 3. The molecule has 1 aliphatic rings. The van der Waals surface area contributed by atoms with Gasteiger partial charge in [-0.2, -0.15) is 0 Å². The number of aromatic hydroxyl groups is 1. The first-order chi connectivity index (χ1) is 12.8. The number of carbonyl (C=O) groups excluding carboxylic acids is 3. The van der Waals surface area contributed by atoms with E-state index in [-0.39, 0.29) is 21.9 Å². The summed E-state index contributed by atoms with van der Waals surface area (Å²) in [4.78, 5) is 37.5. The number of anilines is 1. The minimum atomic E-state index is -0.670. The minimum Gasteiger partial charge on any atom is -0.506 e. The molecule has 0 atom stereocenters. The minimum absolute atomic E-state index is 0.0382. The molecule has 2 aromatic rings. The first kappa shape index (κ1) is 18.7. The molecule has 8 heteroatoms. The van der Waals surface area contributed by atoms with Gasteiger partial charge >= 0.3 is 0 Å². The van der Waals surface area contributed by atoms with Gasteiger partial charge in [0.1, 0.15) is 18.1 Å². The zero-order valence-corrected chi connectivity index (χ0v) is 15.0. The number of nitrogens with one attached hydrogen (secondary N) is 1. The van der Waals surface area contributed by atoms with Gasteiger partial charge in [0.15, 0.2) is 0 Å². The lowest BCUT2D eigenvalue weighted by atomic mass is 10.2. The summed E-state index contributed by atoms with van der Waals surface area (Å²) in [6.07, 6.45) is 1.28. The highest BCUT2D eigenvalue weighted by atomic mass is 32.2. The molecule has 1 aliphatic heterocycles. The van der Waals surface area contributed by atoms with Crippen LogP contribution >= 0.6 is 11.8 Å². The van der Waals surface area contributed by atoms with E-state index in [1.54, 1.807) is 25.1 Å². The largest absolute Gasteiger partial charge is 0.506 e. The van der Waals surface area contributed by atoms with Gasteiger partial charge in [0, 0.05) is 5.56 Å². The molecule has 27 heavy (non-hydrogen) atoms. The maximum Gasteiger partial charge on any atom is 0.294 e. The zero-order valence-electron chi connectivity index (χ0n) is 14.2. The third-order valence-electron chi connectivity index (χ3n) is 3.79. The average Bonchev–Trinajstić information content (AvgIpc) is 2.87. The van der Waals surface area contributed by atoms with E-state index < -0.39 is 29.4 Å². The predicted octanol–water partition coefficient (Wildman–Crippen LogP) is 3.51. The lowest BCUT2D eigenvalue weighted by Gasteiger charge is -2.13. The van der Waals surface area contributed by atoms with Crippen molar-refractivity contribution >= 4 is 40.6 Å². The maximum atomic E-state index is 13.7. The SMILES string of the molecule is Cc1ccc(O)c(NC(=O)CN2C(=O)S/C(=C\c3ccccc3F)C2=O)c1. The second-order valence-electron chi connectivity index (χ2n) is 5.86. The van der Waals surface area contributed by atoms with Crippen LogP contribution in [0.2, 0.25) is 0 Å². The van der Waals surface area contributed by atoms with Gasteiger partial charge in [0.25, 0.3) is 11.1 Å². The van der Waals surface area contributed by atoms with Crippen molar-refractivity contribution in [3.05, 3.63) is 64.3 Å². The Labute approximate surface area is 158 Å². The van der Waals surface area contributed by atoms with Crippen molar-refractivity contribution in [2.75, 3.05) is 11.9 Å². The van der Waals surface area contributed by atoms with Crippen LogP contribution in [0.4, 0.5) is 14.9 Å². The van der Waals surface area contributed by atoms with Crippen molar-refractivity contribution in [3.63, 3.8) is 0 Å². The van der Waals surface area contributed by atoms with Gasteiger partial charge < -0.3 is 10.4 Å². The van der Waals surface area contributed by atoms with Crippen LogP contribution in [-0.2, 0) is 9.59 Å². The number of rotatable bonds is 4. The Morgan fingerprint density at radius 3 is 2.74 bits per heavy atom. The Kier molecular flexibility index (Phi) is 5.27. The molecule has 6 nitrogen and oxygen atoms in total. The van der Waals surface area contributed by atoms with E-state index in [9.17, 15) is 23.9 Å². The quantitative estimate of drug-likeness (QED) is 0.620. The molecule has 1 heterocycles. The molecular weight excluding hydrogens is 371 g/mol. The standard InChI is InChI=1S/C19H15FN2O4S/c1-11-6-7-15(23)14(8-11)21-17(24)10-22-18(25)16(27-19(22)26)9-12-4-2-3-5-13(12)20/h2-9,23H,10H2,1H3,(H,21,24)/b16-9-. The molecule has 0 bridgehead atoms. The van der Waals surface area contributed by atoms with Crippen molar-refractivity contribution in [2.24, 2.45) is 0 Å². The van der Waals surface area contributed by atoms with Gasteiger partial charge in [-0.1, -0.05) is 24.3 Å². The van der Waals surface area contributed by atoms with Crippen LogP contribution in [0, 0.1) is 12.7 Å². The fourth-order valence-electron chi connectivity index (χ4n) is 2.45. The summed E-state index contributed by atoms with van der Waals surface area (Å²) in [6, 6.07) is 10.5. The molecule has 0 aliphatic carbocycles. The van der Waals surface area contributed by atoms with Crippen molar-refractivity contribution in [1.82, 2.24) is 4.90 Å².